The van der Waals surface area contributed by atoms with Crippen LogP contribution in [0.3, 0.4) is 0 Å². The zero-order valence-corrected chi connectivity index (χ0v) is 11.4. The lowest BCUT2D eigenvalue weighted by atomic mass is 10.2. The molecule has 0 bridgehead atoms. The van der Waals surface area contributed by atoms with Crippen molar-refractivity contribution >= 4 is 27.4 Å². The molecule has 3 heterocycles. The molecule has 0 unspecified atom stereocenters. The molecule has 3 aromatic heterocycles. The van der Waals surface area contributed by atoms with E-state index in [9.17, 15) is 9.59 Å². The standard InChI is InChI=1S/C13H11N3O3S/c1-15-10(9(6-14-15)13(18)19)7-16-4-2-11-8(12(16)17)3-5-20-11/h2-6H,7H2,1H3,(H,18,19). The van der Waals surface area contributed by atoms with Crippen LogP contribution in [0.5, 0.6) is 0 Å². The van der Waals surface area contributed by atoms with Crippen LogP contribution in [0.15, 0.2) is 34.7 Å². The number of rotatable bonds is 3. The average Bonchev–Trinajstić information content (AvgIpc) is 3.01. The first-order valence-electron chi connectivity index (χ1n) is 5.88. The first kappa shape index (κ1) is 12.6. The second-order valence-corrected chi connectivity index (χ2v) is 5.33. The van der Waals surface area contributed by atoms with E-state index in [0.717, 1.165) is 4.70 Å². The molecule has 0 radical (unpaired) electrons. The lowest BCUT2D eigenvalue weighted by Gasteiger charge is -2.07. The number of hydrogen-bond acceptors (Lipinski definition) is 4. The van der Waals surface area contributed by atoms with Gasteiger partial charge in [0.2, 0.25) is 0 Å². The summed E-state index contributed by atoms with van der Waals surface area (Å²) in [7, 11) is 1.66. The summed E-state index contributed by atoms with van der Waals surface area (Å²) in [4.78, 5) is 23.4. The van der Waals surface area contributed by atoms with Gasteiger partial charge in [-0.2, -0.15) is 5.10 Å². The van der Waals surface area contributed by atoms with Crippen LogP contribution in [0.2, 0.25) is 0 Å². The van der Waals surface area contributed by atoms with E-state index in [-0.39, 0.29) is 17.7 Å². The summed E-state index contributed by atoms with van der Waals surface area (Å²) in [5.74, 6) is -1.04. The zero-order chi connectivity index (χ0) is 14.3. The Hall–Kier alpha value is -2.41. The molecule has 0 saturated heterocycles. The first-order chi connectivity index (χ1) is 9.58. The van der Waals surface area contributed by atoms with Gasteiger partial charge in [0, 0.05) is 17.9 Å². The Morgan fingerprint density at radius 2 is 2.25 bits per heavy atom. The summed E-state index contributed by atoms with van der Waals surface area (Å²) < 4.78 is 3.90. The molecule has 0 spiro atoms. The zero-order valence-electron chi connectivity index (χ0n) is 10.6. The van der Waals surface area contributed by atoms with Crippen LogP contribution < -0.4 is 5.56 Å². The number of carboxylic acids is 1. The molecule has 3 aromatic rings. The van der Waals surface area contributed by atoms with Crippen molar-refractivity contribution in [2.24, 2.45) is 7.05 Å². The van der Waals surface area contributed by atoms with Gasteiger partial charge >= 0.3 is 5.97 Å². The van der Waals surface area contributed by atoms with Crippen molar-refractivity contribution in [1.82, 2.24) is 14.3 Å². The highest BCUT2D eigenvalue weighted by atomic mass is 32.1. The molecular formula is C13H11N3O3S. The third kappa shape index (κ3) is 1.92. The molecule has 0 saturated carbocycles. The van der Waals surface area contributed by atoms with Crippen LogP contribution in [-0.4, -0.2) is 25.4 Å². The smallest absolute Gasteiger partial charge is 0.339 e. The van der Waals surface area contributed by atoms with Gasteiger partial charge in [0.1, 0.15) is 5.56 Å². The summed E-state index contributed by atoms with van der Waals surface area (Å²) in [6.45, 7) is 0.183. The molecule has 7 heteroatoms. The molecule has 20 heavy (non-hydrogen) atoms. The van der Waals surface area contributed by atoms with Crippen molar-refractivity contribution in [1.29, 1.82) is 0 Å². The van der Waals surface area contributed by atoms with Gasteiger partial charge in [0.05, 0.1) is 23.8 Å². The van der Waals surface area contributed by atoms with Gasteiger partial charge in [-0.3, -0.25) is 9.48 Å². The maximum absolute atomic E-state index is 12.3. The fourth-order valence-corrected chi connectivity index (χ4v) is 2.89. The number of nitrogens with zero attached hydrogens (tertiary/aromatic N) is 3. The molecule has 102 valence electrons. The molecule has 0 amide bonds. The van der Waals surface area contributed by atoms with Gasteiger partial charge in [-0.05, 0) is 17.5 Å². The van der Waals surface area contributed by atoms with Crippen molar-refractivity contribution in [3.05, 3.63) is 51.5 Å². The maximum atomic E-state index is 12.3. The molecular weight excluding hydrogens is 278 g/mol. The fraction of sp³-hybridized carbons (Fsp3) is 0.154. The number of pyridine rings is 1. The SMILES string of the molecule is Cn1ncc(C(=O)O)c1Cn1ccc2sccc2c1=O. The molecule has 0 aliphatic carbocycles. The summed E-state index contributed by atoms with van der Waals surface area (Å²) in [6.07, 6.45) is 2.98. The molecule has 1 N–H and O–H groups in total. The lowest BCUT2D eigenvalue weighted by molar-refractivity contribution is 0.0695. The Morgan fingerprint density at radius 1 is 1.45 bits per heavy atom. The summed E-state index contributed by atoms with van der Waals surface area (Å²) in [6, 6.07) is 3.64. The van der Waals surface area contributed by atoms with Crippen LogP contribution in [0.4, 0.5) is 0 Å². The van der Waals surface area contributed by atoms with E-state index in [2.05, 4.69) is 5.10 Å². The van der Waals surface area contributed by atoms with Gasteiger partial charge < -0.3 is 9.67 Å². The number of fused-ring (bicyclic) bond motifs is 1. The number of hydrogen-bond donors (Lipinski definition) is 1. The highest BCUT2D eigenvalue weighted by Crippen LogP contribution is 2.17. The molecule has 6 nitrogen and oxygen atoms in total. The monoisotopic (exact) mass is 289 g/mol. The van der Waals surface area contributed by atoms with E-state index < -0.39 is 5.97 Å². The lowest BCUT2D eigenvalue weighted by Crippen LogP contribution is -2.21. The number of aromatic nitrogens is 3. The van der Waals surface area contributed by atoms with Gasteiger partial charge in [-0.15, -0.1) is 11.3 Å². The van der Waals surface area contributed by atoms with E-state index >= 15 is 0 Å². The van der Waals surface area contributed by atoms with E-state index in [1.807, 2.05) is 11.4 Å². The third-order valence-corrected chi connectivity index (χ3v) is 4.09. The second kappa shape index (κ2) is 4.61. The van der Waals surface area contributed by atoms with Crippen molar-refractivity contribution in [2.75, 3.05) is 0 Å². The number of aromatic carboxylic acids is 1. The predicted octanol–water partition coefficient (Wildman–Crippen LogP) is 1.54. The van der Waals surface area contributed by atoms with Crippen molar-refractivity contribution in [3.8, 4) is 0 Å². The van der Waals surface area contributed by atoms with Gasteiger partial charge in [0.25, 0.3) is 5.56 Å². The van der Waals surface area contributed by atoms with Crippen molar-refractivity contribution < 1.29 is 9.90 Å². The van der Waals surface area contributed by atoms with Crippen LogP contribution in [0.1, 0.15) is 16.1 Å². The Kier molecular flexibility index (Phi) is 2.90. The topological polar surface area (TPSA) is 77.1 Å². The fourth-order valence-electron chi connectivity index (χ4n) is 2.12. The summed E-state index contributed by atoms with van der Waals surface area (Å²) in [5.41, 5.74) is 0.486. The number of aryl methyl sites for hydroxylation is 1. The Labute approximate surface area is 117 Å². The number of carbonyl (C=O) groups is 1. The van der Waals surface area contributed by atoms with E-state index in [4.69, 9.17) is 5.11 Å². The predicted molar refractivity (Wildman–Crippen MR) is 75.4 cm³/mol. The molecule has 0 aromatic carbocycles. The molecule has 3 rings (SSSR count). The summed E-state index contributed by atoms with van der Waals surface area (Å²) >= 11 is 1.50. The second-order valence-electron chi connectivity index (χ2n) is 4.38. The van der Waals surface area contributed by atoms with Crippen LogP contribution in [0, 0.1) is 0 Å². The Bertz CT molecular complexity index is 859. The van der Waals surface area contributed by atoms with Crippen LogP contribution >= 0.6 is 11.3 Å². The normalized spacial score (nSPS) is 11.1. The van der Waals surface area contributed by atoms with Crippen molar-refractivity contribution in [3.63, 3.8) is 0 Å². The summed E-state index contributed by atoms with van der Waals surface area (Å²) in [5, 5.41) is 15.6. The van der Waals surface area contributed by atoms with Gasteiger partial charge in [-0.25, -0.2) is 4.79 Å². The van der Waals surface area contributed by atoms with Gasteiger partial charge in [0.15, 0.2) is 0 Å². The van der Waals surface area contributed by atoms with Crippen molar-refractivity contribution in [2.45, 2.75) is 6.54 Å². The quantitative estimate of drug-likeness (QED) is 0.793. The molecule has 0 aliphatic heterocycles. The average molecular weight is 289 g/mol. The van der Waals surface area contributed by atoms with E-state index in [1.165, 1.54) is 26.8 Å². The van der Waals surface area contributed by atoms with Crippen LogP contribution in [-0.2, 0) is 13.6 Å². The minimum absolute atomic E-state index is 0.116. The number of carboxylic acid groups (broad SMARTS) is 1. The van der Waals surface area contributed by atoms with E-state index in [0.29, 0.717) is 11.1 Å². The Morgan fingerprint density at radius 3 is 3.00 bits per heavy atom. The Balaban J connectivity index is 2.10. The molecule has 0 atom stereocenters. The minimum atomic E-state index is -1.04. The molecule has 0 aliphatic rings. The highest BCUT2D eigenvalue weighted by molar-refractivity contribution is 7.17. The van der Waals surface area contributed by atoms with Gasteiger partial charge in [-0.1, -0.05) is 0 Å². The largest absolute Gasteiger partial charge is 0.478 e. The molecule has 0 fully saturated rings. The van der Waals surface area contributed by atoms with Crippen LogP contribution in [0.25, 0.3) is 10.1 Å². The maximum Gasteiger partial charge on any atom is 0.339 e. The highest BCUT2D eigenvalue weighted by Gasteiger charge is 2.16. The minimum Gasteiger partial charge on any atom is -0.478 e. The first-order valence-corrected chi connectivity index (χ1v) is 6.76. The third-order valence-electron chi connectivity index (χ3n) is 3.20. The number of thiophene rings is 1. The van der Waals surface area contributed by atoms with E-state index in [1.54, 1.807) is 19.3 Å².